The Balaban J connectivity index is 1.96. The first kappa shape index (κ1) is 15.0. The van der Waals surface area contributed by atoms with Gasteiger partial charge in [0.1, 0.15) is 0 Å². The van der Waals surface area contributed by atoms with Crippen LogP contribution >= 0.6 is 22.7 Å². The quantitative estimate of drug-likeness (QED) is 0.789. The molecule has 2 aromatic rings. The number of thiophene rings is 1. The van der Waals surface area contributed by atoms with Gasteiger partial charge in [0.25, 0.3) is 0 Å². The molecule has 0 radical (unpaired) electrons. The molecule has 0 aliphatic carbocycles. The second-order valence-electron chi connectivity index (χ2n) is 4.25. The summed E-state index contributed by atoms with van der Waals surface area (Å²) in [5.41, 5.74) is 0.761. The Hall–Kier alpha value is -1.40. The lowest BCUT2D eigenvalue weighted by Gasteiger charge is -2.14. The molecule has 0 amide bonds. The Bertz CT molecular complexity index is 537. The predicted octanol–water partition coefficient (Wildman–Crippen LogP) is 3.87. The largest absolute Gasteiger partial charge is 0.466 e. The Morgan fingerprint density at radius 3 is 2.95 bits per heavy atom. The molecule has 0 aliphatic heterocycles. The zero-order valence-corrected chi connectivity index (χ0v) is 13.2. The van der Waals surface area contributed by atoms with Gasteiger partial charge in [0.15, 0.2) is 5.13 Å². The zero-order chi connectivity index (χ0) is 14.4. The number of hydrogen-bond acceptors (Lipinski definition) is 6. The van der Waals surface area contributed by atoms with E-state index in [0.717, 1.165) is 17.2 Å². The predicted molar refractivity (Wildman–Crippen MR) is 83.4 cm³/mol. The van der Waals surface area contributed by atoms with Gasteiger partial charge in [-0.3, -0.25) is 4.79 Å². The molecule has 2 rings (SSSR count). The van der Waals surface area contributed by atoms with E-state index in [1.807, 2.05) is 5.38 Å². The van der Waals surface area contributed by atoms with Gasteiger partial charge in [0.05, 0.1) is 24.8 Å². The van der Waals surface area contributed by atoms with Crippen molar-refractivity contribution in [3.05, 3.63) is 33.5 Å². The zero-order valence-electron chi connectivity index (χ0n) is 11.6. The van der Waals surface area contributed by atoms with Crippen LogP contribution in [0.15, 0.2) is 22.9 Å². The molecule has 0 aliphatic rings. The van der Waals surface area contributed by atoms with Gasteiger partial charge < -0.3 is 10.1 Å². The van der Waals surface area contributed by atoms with Gasteiger partial charge in [-0.2, -0.15) is 0 Å². The first-order valence-corrected chi connectivity index (χ1v) is 8.38. The van der Waals surface area contributed by atoms with Crippen LogP contribution in [0, 0.1) is 0 Å². The summed E-state index contributed by atoms with van der Waals surface area (Å²) in [7, 11) is 0. The molecular weight excluding hydrogens is 292 g/mol. The highest BCUT2D eigenvalue weighted by atomic mass is 32.1. The van der Waals surface area contributed by atoms with Gasteiger partial charge in [-0.25, -0.2) is 4.98 Å². The van der Waals surface area contributed by atoms with Crippen molar-refractivity contribution < 1.29 is 9.53 Å². The fourth-order valence-corrected chi connectivity index (χ4v) is 3.45. The van der Waals surface area contributed by atoms with Crippen molar-refractivity contribution in [2.75, 3.05) is 11.9 Å². The second kappa shape index (κ2) is 7.40. The van der Waals surface area contributed by atoms with Crippen LogP contribution in [-0.2, 0) is 16.0 Å². The minimum atomic E-state index is -0.227. The van der Waals surface area contributed by atoms with E-state index in [1.54, 1.807) is 18.3 Å². The molecular formula is C14H18N2O2S2. The third kappa shape index (κ3) is 4.05. The topological polar surface area (TPSA) is 51.2 Å². The molecule has 1 N–H and O–H groups in total. The molecule has 6 heteroatoms. The van der Waals surface area contributed by atoms with Crippen molar-refractivity contribution in [2.24, 2.45) is 0 Å². The summed E-state index contributed by atoms with van der Waals surface area (Å²) >= 11 is 3.26. The fraction of sp³-hybridized carbons (Fsp3) is 0.429. The number of anilines is 1. The first-order chi connectivity index (χ1) is 9.72. The second-order valence-corrected chi connectivity index (χ2v) is 6.08. The van der Waals surface area contributed by atoms with Gasteiger partial charge in [-0.1, -0.05) is 13.0 Å². The van der Waals surface area contributed by atoms with Gasteiger partial charge in [-0.05, 0) is 24.8 Å². The molecule has 0 spiro atoms. The van der Waals surface area contributed by atoms with Crippen LogP contribution in [0.3, 0.4) is 0 Å². The molecule has 4 nitrogen and oxygen atoms in total. The van der Waals surface area contributed by atoms with E-state index >= 15 is 0 Å². The van der Waals surface area contributed by atoms with Crippen LogP contribution in [-0.4, -0.2) is 17.6 Å². The van der Waals surface area contributed by atoms with Gasteiger partial charge >= 0.3 is 5.97 Å². The van der Waals surface area contributed by atoms with Crippen LogP contribution in [0.4, 0.5) is 5.13 Å². The number of esters is 1. The monoisotopic (exact) mass is 310 g/mol. The van der Waals surface area contributed by atoms with Crippen LogP contribution in [0.25, 0.3) is 0 Å². The number of rotatable bonds is 7. The Labute approximate surface area is 126 Å². The third-order valence-corrected chi connectivity index (χ3v) is 4.58. The van der Waals surface area contributed by atoms with Crippen LogP contribution in [0.2, 0.25) is 0 Å². The summed E-state index contributed by atoms with van der Waals surface area (Å²) in [5, 5.41) is 8.25. The lowest BCUT2D eigenvalue weighted by Crippen LogP contribution is -2.09. The Morgan fingerprint density at radius 2 is 2.30 bits per heavy atom. The van der Waals surface area contributed by atoms with Gasteiger partial charge in [0, 0.05) is 10.3 Å². The molecule has 108 valence electrons. The molecule has 2 heterocycles. The lowest BCUT2D eigenvalue weighted by molar-refractivity contribution is -0.142. The van der Waals surface area contributed by atoms with Crippen molar-refractivity contribution in [2.45, 2.75) is 32.7 Å². The standard InChI is InChI=1S/C14H18N2O2S2/c1-3-11(12-6-5-7-19-12)16-14-15-10(9-20-14)8-13(17)18-4-2/h5-7,9,11H,3-4,8H2,1-2H3,(H,15,16). The Morgan fingerprint density at radius 1 is 1.45 bits per heavy atom. The summed E-state index contributed by atoms with van der Waals surface area (Å²) < 4.78 is 4.92. The van der Waals surface area contributed by atoms with E-state index < -0.39 is 0 Å². The van der Waals surface area contributed by atoms with E-state index in [0.29, 0.717) is 6.61 Å². The van der Waals surface area contributed by atoms with Crippen molar-refractivity contribution in [3.63, 3.8) is 0 Å². The molecule has 0 fully saturated rings. The summed E-state index contributed by atoms with van der Waals surface area (Å²) in [4.78, 5) is 17.2. The van der Waals surface area contributed by atoms with Crippen LogP contribution in [0.5, 0.6) is 0 Å². The fourth-order valence-electron chi connectivity index (χ4n) is 1.83. The minimum Gasteiger partial charge on any atom is -0.466 e. The average Bonchev–Trinajstić information content (AvgIpc) is 3.07. The van der Waals surface area contributed by atoms with Gasteiger partial charge in [0.2, 0.25) is 0 Å². The maximum absolute atomic E-state index is 11.4. The number of thiazole rings is 1. The lowest BCUT2D eigenvalue weighted by atomic mass is 10.2. The number of carbonyl (C=O) groups is 1. The molecule has 2 aromatic heterocycles. The summed E-state index contributed by atoms with van der Waals surface area (Å²) in [6.07, 6.45) is 1.23. The van der Waals surface area contributed by atoms with Crippen molar-refractivity contribution in [1.29, 1.82) is 0 Å². The van der Waals surface area contributed by atoms with Crippen LogP contribution < -0.4 is 5.32 Å². The Kier molecular flexibility index (Phi) is 5.55. The van der Waals surface area contributed by atoms with E-state index in [2.05, 4.69) is 34.7 Å². The normalized spacial score (nSPS) is 12.1. The summed E-state index contributed by atoms with van der Waals surface area (Å²) in [6.45, 7) is 4.35. The number of nitrogens with one attached hydrogen (secondary N) is 1. The third-order valence-electron chi connectivity index (χ3n) is 2.78. The van der Waals surface area contributed by atoms with Crippen molar-refractivity contribution in [3.8, 4) is 0 Å². The molecule has 20 heavy (non-hydrogen) atoms. The number of hydrogen-bond donors (Lipinski definition) is 1. The van der Waals surface area contributed by atoms with E-state index in [9.17, 15) is 4.79 Å². The SMILES string of the molecule is CCOC(=O)Cc1csc(NC(CC)c2cccs2)n1. The highest BCUT2D eigenvalue weighted by Crippen LogP contribution is 2.27. The molecule has 1 atom stereocenters. The maximum atomic E-state index is 11.4. The number of nitrogens with zero attached hydrogens (tertiary/aromatic N) is 1. The van der Waals surface area contributed by atoms with Gasteiger partial charge in [-0.15, -0.1) is 22.7 Å². The first-order valence-electron chi connectivity index (χ1n) is 6.62. The number of carbonyl (C=O) groups excluding carboxylic acids is 1. The van der Waals surface area contributed by atoms with E-state index in [4.69, 9.17) is 4.74 Å². The van der Waals surface area contributed by atoms with Crippen LogP contribution in [0.1, 0.15) is 36.9 Å². The smallest absolute Gasteiger partial charge is 0.311 e. The minimum absolute atomic E-state index is 0.227. The molecule has 0 saturated heterocycles. The average molecular weight is 310 g/mol. The number of ether oxygens (including phenoxy) is 1. The molecule has 0 aromatic carbocycles. The highest BCUT2D eigenvalue weighted by molar-refractivity contribution is 7.13. The van der Waals surface area contributed by atoms with E-state index in [1.165, 1.54) is 16.2 Å². The van der Waals surface area contributed by atoms with E-state index in [-0.39, 0.29) is 18.4 Å². The van der Waals surface area contributed by atoms with Crippen molar-refractivity contribution >= 4 is 33.8 Å². The number of aromatic nitrogens is 1. The maximum Gasteiger partial charge on any atom is 0.311 e. The summed E-state index contributed by atoms with van der Waals surface area (Å²) in [6, 6.07) is 4.45. The highest BCUT2D eigenvalue weighted by Gasteiger charge is 2.13. The summed E-state index contributed by atoms with van der Waals surface area (Å²) in [5.74, 6) is -0.227. The van der Waals surface area contributed by atoms with Crippen molar-refractivity contribution in [1.82, 2.24) is 4.98 Å². The molecule has 0 bridgehead atoms. The molecule has 1 unspecified atom stereocenters. The molecule has 0 saturated carbocycles.